The Labute approximate surface area is 99.7 Å². The highest BCUT2D eigenvalue weighted by atomic mass is 35.5. The van der Waals surface area contributed by atoms with Gasteiger partial charge in [-0.15, -0.1) is 0 Å². The van der Waals surface area contributed by atoms with E-state index in [1.54, 1.807) is 0 Å². The number of carbonyl (C=O) groups is 1. The van der Waals surface area contributed by atoms with Gasteiger partial charge in [-0.2, -0.15) is 0 Å². The molecular formula is C13H12ClNO. The average Bonchev–Trinajstić information content (AvgIpc) is 2.70. The smallest absolute Gasteiger partial charge is 0.177 e. The van der Waals surface area contributed by atoms with Gasteiger partial charge >= 0.3 is 0 Å². The van der Waals surface area contributed by atoms with Gasteiger partial charge in [-0.1, -0.05) is 29.8 Å². The molecule has 0 unspecified atom stereocenters. The first-order valence-electron chi connectivity index (χ1n) is 5.18. The van der Waals surface area contributed by atoms with Crippen LogP contribution in [-0.4, -0.2) is 11.5 Å². The lowest BCUT2D eigenvalue weighted by atomic mass is 10.1. The third-order valence-electron chi connectivity index (χ3n) is 2.52. The van der Waals surface area contributed by atoms with Gasteiger partial charge in [0.2, 0.25) is 0 Å². The summed E-state index contributed by atoms with van der Waals surface area (Å²) in [5.74, 6) is 0.0224. The van der Waals surface area contributed by atoms with Crippen molar-refractivity contribution in [1.82, 2.24) is 0 Å². The Bertz CT molecular complexity index is 488. The minimum Gasteiger partial charge on any atom is -0.293 e. The summed E-state index contributed by atoms with van der Waals surface area (Å²) in [6.45, 7) is 1.54. The summed E-state index contributed by atoms with van der Waals surface area (Å²) >= 11 is 6.06. The van der Waals surface area contributed by atoms with Crippen molar-refractivity contribution in [3.05, 3.63) is 46.6 Å². The Morgan fingerprint density at radius 3 is 2.81 bits per heavy atom. The van der Waals surface area contributed by atoms with Crippen molar-refractivity contribution in [3.8, 4) is 0 Å². The van der Waals surface area contributed by atoms with Crippen LogP contribution in [0.4, 0.5) is 0 Å². The molecule has 1 aliphatic rings. The van der Waals surface area contributed by atoms with Crippen LogP contribution in [0, 0.1) is 0 Å². The average molecular weight is 234 g/mol. The predicted octanol–water partition coefficient (Wildman–Crippen LogP) is 3.20. The van der Waals surface area contributed by atoms with Gasteiger partial charge in [0.1, 0.15) is 5.70 Å². The van der Waals surface area contributed by atoms with Crippen LogP contribution in [0.5, 0.6) is 0 Å². The number of rotatable bonds is 3. The van der Waals surface area contributed by atoms with E-state index in [9.17, 15) is 4.79 Å². The fraction of sp³-hybridized carbons (Fsp3) is 0.231. The van der Waals surface area contributed by atoms with Crippen molar-refractivity contribution in [1.29, 1.82) is 0 Å². The number of nitrogens with zero attached hydrogens (tertiary/aromatic N) is 1. The highest BCUT2D eigenvalue weighted by molar-refractivity contribution is 6.31. The highest BCUT2D eigenvalue weighted by Gasteiger charge is 2.13. The molecule has 2 nitrogen and oxygen atoms in total. The number of hydrogen-bond donors (Lipinski definition) is 0. The summed E-state index contributed by atoms with van der Waals surface area (Å²) in [6, 6.07) is 7.71. The summed E-state index contributed by atoms with van der Waals surface area (Å²) in [6.07, 6.45) is 3.33. The van der Waals surface area contributed by atoms with Gasteiger partial charge in [0.25, 0.3) is 0 Å². The molecule has 1 aromatic carbocycles. The van der Waals surface area contributed by atoms with Gasteiger partial charge in [0.15, 0.2) is 5.78 Å². The van der Waals surface area contributed by atoms with Gasteiger partial charge < -0.3 is 0 Å². The lowest BCUT2D eigenvalue weighted by Crippen LogP contribution is -2.00. The zero-order chi connectivity index (χ0) is 11.5. The van der Waals surface area contributed by atoms with Crippen LogP contribution < -0.4 is 0 Å². The van der Waals surface area contributed by atoms with E-state index in [0.717, 1.165) is 22.7 Å². The third kappa shape index (κ3) is 2.39. The molecule has 0 saturated heterocycles. The molecule has 16 heavy (non-hydrogen) atoms. The van der Waals surface area contributed by atoms with Crippen LogP contribution in [0.2, 0.25) is 5.02 Å². The summed E-state index contributed by atoms with van der Waals surface area (Å²) in [5, 5.41) is 0.751. The van der Waals surface area contributed by atoms with E-state index < -0.39 is 0 Å². The summed E-state index contributed by atoms with van der Waals surface area (Å²) < 4.78 is 0. The monoisotopic (exact) mass is 233 g/mol. The molecule has 0 bridgehead atoms. The van der Waals surface area contributed by atoms with E-state index in [4.69, 9.17) is 11.6 Å². The van der Waals surface area contributed by atoms with Crippen LogP contribution in [-0.2, 0) is 11.2 Å². The van der Waals surface area contributed by atoms with Gasteiger partial charge in [0.05, 0.1) is 0 Å². The Kier molecular flexibility index (Phi) is 3.20. The number of hydrogen-bond acceptors (Lipinski definition) is 2. The third-order valence-corrected chi connectivity index (χ3v) is 2.89. The minimum atomic E-state index is 0.0224. The Morgan fingerprint density at radius 2 is 2.19 bits per heavy atom. The first kappa shape index (κ1) is 11.1. The molecular weight excluding hydrogens is 222 g/mol. The standard InChI is InChI=1S/C13H12ClNO/c1-9(16)13-7-6-11(15-13)8-10-4-2-3-5-12(10)14/h2-5,7H,6,8H2,1H3. The first-order chi connectivity index (χ1) is 7.66. The summed E-state index contributed by atoms with van der Waals surface area (Å²) in [5.41, 5.74) is 2.63. The van der Waals surface area contributed by atoms with Crippen molar-refractivity contribution >= 4 is 23.1 Å². The lowest BCUT2D eigenvalue weighted by molar-refractivity contribution is -0.113. The van der Waals surface area contributed by atoms with E-state index in [-0.39, 0.29) is 5.78 Å². The van der Waals surface area contributed by atoms with Crippen LogP contribution >= 0.6 is 11.6 Å². The largest absolute Gasteiger partial charge is 0.293 e. The maximum atomic E-state index is 11.1. The molecule has 0 radical (unpaired) electrons. The van der Waals surface area contributed by atoms with Crippen molar-refractivity contribution in [2.24, 2.45) is 4.99 Å². The number of Topliss-reactive ketones (excluding diaryl/α,β-unsaturated/α-hetero) is 1. The summed E-state index contributed by atoms with van der Waals surface area (Å²) in [4.78, 5) is 15.4. The molecule has 82 valence electrons. The predicted molar refractivity (Wildman–Crippen MR) is 66.0 cm³/mol. The van der Waals surface area contributed by atoms with Crippen molar-refractivity contribution in [2.45, 2.75) is 19.8 Å². The number of allylic oxidation sites excluding steroid dienone is 2. The van der Waals surface area contributed by atoms with E-state index in [2.05, 4.69) is 4.99 Å². The zero-order valence-electron chi connectivity index (χ0n) is 9.03. The number of carbonyl (C=O) groups excluding carboxylic acids is 1. The Balaban J connectivity index is 2.12. The second-order valence-electron chi connectivity index (χ2n) is 3.80. The van der Waals surface area contributed by atoms with E-state index in [1.165, 1.54) is 6.92 Å². The van der Waals surface area contributed by atoms with Gasteiger partial charge in [-0.3, -0.25) is 9.79 Å². The molecule has 0 amide bonds. The van der Waals surface area contributed by atoms with Gasteiger partial charge in [0, 0.05) is 30.5 Å². The molecule has 0 N–H and O–H groups in total. The van der Waals surface area contributed by atoms with Gasteiger partial charge in [-0.05, 0) is 17.7 Å². The molecule has 0 fully saturated rings. The van der Waals surface area contributed by atoms with E-state index in [0.29, 0.717) is 12.1 Å². The van der Waals surface area contributed by atoms with E-state index in [1.807, 2.05) is 30.3 Å². The fourth-order valence-electron chi connectivity index (χ4n) is 1.67. The molecule has 0 spiro atoms. The molecule has 1 heterocycles. The summed E-state index contributed by atoms with van der Waals surface area (Å²) in [7, 11) is 0. The second-order valence-corrected chi connectivity index (χ2v) is 4.20. The SMILES string of the molecule is CC(=O)C1=CCC(Cc2ccccc2Cl)=N1. The fourth-order valence-corrected chi connectivity index (χ4v) is 1.87. The minimum absolute atomic E-state index is 0.0224. The van der Waals surface area contributed by atoms with Crippen LogP contribution in [0.1, 0.15) is 18.9 Å². The molecule has 0 atom stereocenters. The van der Waals surface area contributed by atoms with Crippen molar-refractivity contribution in [3.63, 3.8) is 0 Å². The zero-order valence-corrected chi connectivity index (χ0v) is 9.79. The number of halogens is 1. The van der Waals surface area contributed by atoms with E-state index >= 15 is 0 Å². The maximum Gasteiger partial charge on any atom is 0.177 e. The van der Waals surface area contributed by atoms with Gasteiger partial charge in [-0.25, -0.2) is 0 Å². The van der Waals surface area contributed by atoms with Crippen molar-refractivity contribution < 1.29 is 4.79 Å². The topological polar surface area (TPSA) is 29.4 Å². The maximum absolute atomic E-state index is 11.1. The molecule has 0 saturated carbocycles. The van der Waals surface area contributed by atoms with Crippen LogP contribution in [0.25, 0.3) is 0 Å². The van der Waals surface area contributed by atoms with Crippen LogP contribution in [0.15, 0.2) is 41.0 Å². The highest BCUT2D eigenvalue weighted by Crippen LogP contribution is 2.20. The molecule has 3 heteroatoms. The quantitative estimate of drug-likeness (QED) is 0.788. The molecule has 0 aliphatic carbocycles. The Morgan fingerprint density at radius 1 is 1.44 bits per heavy atom. The first-order valence-corrected chi connectivity index (χ1v) is 5.55. The second kappa shape index (κ2) is 4.62. The molecule has 0 aromatic heterocycles. The number of benzene rings is 1. The van der Waals surface area contributed by atoms with Crippen LogP contribution in [0.3, 0.4) is 0 Å². The Hall–Kier alpha value is -1.41. The molecule has 1 aromatic rings. The number of ketones is 1. The number of aliphatic imine (C=N–C) groups is 1. The van der Waals surface area contributed by atoms with Crippen molar-refractivity contribution in [2.75, 3.05) is 0 Å². The molecule has 1 aliphatic heterocycles. The normalized spacial score (nSPS) is 14.6. The molecule has 2 rings (SSSR count). The lowest BCUT2D eigenvalue weighted by Gasteiger charge is -2.03.